The highest BCUT2D eigenvalue weighted by Gasteiger charge is 2.31. The van der Waals surface area contributed by atoms with Crippen molar-refractivity contribution >= 4 is 5.91 Å². The van der Waals surface area contributed by atoms with Crippen LogP contribution in [0.25, 0.3) is 0 Å². The Morgan fingerprint density at radius 2 is 1.70 bits per heavy atom. The fourth-order valence-corrected chi connectivity index (χ4v) is 4.50. The molecule has 1 aromatic heterocycles. The zero-order chi connectivity index (χ0) is 20.8. The number of benzene rings is 1. The van der Waals surface area contributed by atoms with Gasteiger partial charge in [0.05, 0.1) is 12.2 Å². The number of pyridine rings is 1. The molecule has 0 bridgehead atoms. The first kappa shape index (κ1) is 20.7. The standard InChI is InChI=1S/C24H31N3O3/c1-2-29-23-6-4-3-5-22(23)24(28)27-15-9-19(10-16-27)26-17-11-21(12-18-26)30-20-7-13-25-14-8-20/h3-8,13-14,19,21H,2,9-12,15-18H2,1H3. The van der Waals surface area contributed by atoms with E-state index in [2.05, 4.69) is 9.88 Å². The Kier molecular flexibility index (Phi) is 6.84. The van der Waals surface area contributed by atoms with Crippen LogP contribution in [-0.4, -0.2) is 65.6 Å². The van der Waals surface area contributed by atoms with Gasteiger partial charge in [-0.1, -0.05) is 12.1 Å². The van der Waals surface area contributed by atoms with Crippen LogP contribution in [0.4, 0.5) is 0 Å². The largest absolute Gasteiger partial charge is 0.493 e. The molecule has 0 aliphatic carbocycles. The average Bonchev–Trinajstić information content (AvgIpc) is 2.81. The quantitative estimate of drug-likeness (QED) is 0.729. The number of hydrogen-bond acceptors (Lipinski definition) is 5. The van der Waals surface area contributed by atoms with Gasteiger partial charge in [-0.25, -0.2) is 0 Å². The van der Waals surface area contributed by atoms with E-state index in [9.17, 15) is 4.79 Å². The van der Waals surface area contributed by atoms with Gasteiger partial charge in [0.2, 0.25) is 0 Å². The molecule has 160 valence electrons. The summed E-state index contributed by atoms with van der Waals surface area (Å²) in [4.78, 5) is 21.6. The van der Waals surface area contributed by atoms with Crippen LogP contribution in [-0.2, 0) is 0 Å². The van der Waals surface area contributed by atoms with E-state index in [1.165, 1.54) is 0 Å². The van der Waals surface area contributed by atoms with Crippen LogP contribution in [0.3, 0.4) is 0 Å². The third-order valence-corrected chi connectivity index (χ3v) is 6.11. The summed E-state index contributed by atoms with van der Waals surface area (Å²) in [5.41, 5.74) is 0.673. The second-order valence-electron chi connectivity index (χ2n) is 7.99. The first-order valence-electron chi connectivity index (χ1n) is 11.1. The molecule has 1 amide bonds. The maximum Gasteiger partial charge on any atom is 0.257 e. The second kappa shape index (κ2) is 9.94. The molecule has 2 aromatic rings. The van der Waals surface area contributed by atoms with Gasteiger partial charge in [0.25, 0.3) is 5.91 Å². The average molecular weight is 410 g/mol. The van der Waals surface area contributed by atoms with E-state index >= 15 is 0 Å². The van der Waals surface area contributed by atoms with Crippen LogP contribution >= 0.6 is 0 Å². The van der Waals surface area contributed by atoms with E-state index in [0.29, 0.717) is 24.0 Å². The molecular formula is C24H31N3O3. The highest BCUT2D eigenvalue weighted by Crippen LogP contribution is 2.26. The molecule has 2 aliphatic rings. The lowest BCUT2D eigenvalue weighted by Gasteiger charge is -2.41. The zero-order valence-electron chi connectivity index (χ0n) is 17.7. The van der Waals surface area contributed by atoms with E-state index in [4.69, 9.17) is 9.47 Å². The first-order valence-corrected chi connectivity index (χ1v) is 11.1. The number of likely N-dealkylation sites (tertiary alicyclic amines) is 2. The molecule has 2 fully saturated rings. The fraction of sp³-hybridized carbons (Fsp3) is 0.500. The molecular weight excluding hydrogens is 378 g/mol. The number of amides is 1. The molecule has 1 aromatic carbocycles. The predicted octanol–water partition coefficient (Wildman–Crippen LogP) is 3.63. The molecule has 0 unspecified atom stereocenters. The molecule has 0 N–H and O–H groups in total. The number of aromatic nitrogens is 1. The predicted molar refractivity (Wildman–Crippen MR) is 116 cm³/mol. The van der Waals surface area contributed by atoms with Crippen LogP contribution in [0.2, 0.25) is 0 Å². The van der Waals surface area contributed by atoms with Gasteiger partial charge in [-0.2, -0.15) is 0 Å². The van der Waals surface area contributed by atoms with Crippen molar-refractivity contribution in [3.8, 4) is 11.5 Å². The Hall–Kier alpha value is -2.60. The number of piperidine rings is 2. The molecule has 0 atom stereocenters. The Morgan fingerprint density at radius 1 is 1.00 bits per heavy atom. The van der Waals surface area contributed by atoms with Gasteiger partial charge < -0.3 is 14.4 Å². The van der Waals surface area contributed by atoms with Crippen molar-refractivity contribution in [2.45, 2.75) is 44.8 Å². The zero-order valence-corrected chi connectivity index (χ0v) is 17.7. The van der Waals surface area contributed by atoms with Gasteiger partial charge in [0.1, 0.15) is 17.6 Å². The van der Waals surface area contributed by atoms with Crippen molar-refractivity contribution in [2.24, 2.45) is 0 Å². The monoisotopic (exact) mass is 409 g/mol. The van der Waals surface area contributed by atoms with E-state index in [0.717, 1.165) is 57.6 Å². The summed E-state index contributed by atoms with van der Waals surface area (Å²) in [6.07, 6.45) is 7.96. The maximum absolute atomic E-state index is 13.0. The van der Waals surface area contributed by atoms with E-state index in [1.54, 1.807) is 12.4 Å². The highest BCUT2D eigenvalue weighted by molar-refractivity contribution is 5.97. The number of ether oxygens (including phenoxy) is 2. The highest BCUT2D eigenvalue weighted by atomic mass is 16.5. The third kappa shape index (κ3) is 4.93. The molecule has 30 heavy (non-hydrogen) atoms. The van der Waals surface area contributed by atoms with Crippen LogP contribution in [0.15, 0.2) is 48.8 Å². The van der Waals surface area contributed by atoms with E-state index in [-0.39, 0.29) is 12.0 Å². The number of rotatable bonds is 6. The lowest BCUT2D eigenvalue weighted by molar-refractivity contribution is 0.0424. The van der Waals surface area contributed by atoms with E-state index in [1.807, 2.05) is 48.2 Å². The van der Waals surface area contributed by atoms with Gasteiger partial charge in [-0.15, -0.1) is 0 Å². The summed E-state index contributed by atoms with van der Waals surface area (Å²) in [6, 6.07) is 12.0. The lowest BCUT2D eigenvalue weighted by atomic mass is 9.98. The number of hydrogen-bond donors (Lipinski definition) is 0. The van der Waals surface area contributed by atoms with Crippen molar-refractivity contribution < 1.29 is 14.3 Å². The number of carbonyl (C=O) groups excluding carboxylic acids is 1. The number of nitrogens with zero attached hydrogens (tertiary/aromatic N) is 3. The van der Waals surface area contributed by atoms with Gasteiger partial charge >= 0.3 is 0 Å². The summed E-state index contributed by atoms with van der Waals surface area (Å²) < 4.78 is 11.7. The van der Waals surface area contributed by atoms with Crippen LogP contribution in [0.1, 0.15) is 43.0 Å². The molecule has 2 aliphatic heterocycles. The van der Waals surface area contributed by atoms with Crippen molar-refractivity contribution in [1.29, 1.82) is 0 Å². The molecule has 0 saturated carbocycles. The summed E-state index contributed by atoms with van der Waals surface area (Å²) in [5, 5.41) is 0. The van der Waals surface area contributed by atoms with Gasteiger partial charge in [0, 0.05) is 44.6 Å². The second-order valence-corrected chi connectivity index (χ2v) is 7.99. The van der Waals surface area contributed by atoms with Crippen molar-refractivity contribution in [3.63, 3.8) is 0 Å². The summed E-state index contributed by atoms with van der Waals surface area (Å²) in [6.45, 7) is 6.23. The number of carbonyl (C=O) groups is 1. The van der Waals surface area contributed by atoms with Crippen LogP contribution in [0.5, 0.6) is 11.5 Å². The van der Waals surface area contributed by atoms with Crippen LogP contribution in [0, 0.1) is 0 Å². The Labute approximate surface area is 178 Å². The summed E-state index contributed by atoms with van der Waals surface area (Å²) in [5.74, 6) is 1.67. The summed E-state index contributed by atoms with van der Waals surface area (Å²) >= 11 is 0. The normalized spacial score (nSPS) is 18.9. The van der Waals surface area contributed by atoms with Gasteiger partial charge in [-0.3, -0.25) is 14.7 Å². The third-order valence-electron chi connectivity index (χ3n) is 6.11. The minimum atomic E-state index is 0.0851. The molecule has 6 nitrogen and oxygen atoms in total. The van der Waals surface area contributed by atoms with Gasteiger partial charge in [0.15, 0.2) is 0 Å². The Bertz CT molecular complexity index is 813. The minimum absolute atomic E-state index is 0.0851. The molecule has 2 saturated heterocycles. The van der Waals surface area contributed by atoms with Gasteiger partial charge in [-0.05, 0) is 56.9 Å². The molecule has 6 heteroatoms. The number of para-hydroxylation sites is 1. The molecule has 0 radical (unpaired) electrons. The summed E-state index contributed by atoms with van der Waals surface area (Å²) in [7, 11) is 0. The van der Waals surface area contributed by atoms with Crippen molar-refractivity contribution in [1.82, 2.24) is 14.8 Å². The molecule has 0 spiro atoms. The topological polar surface area (TPSA) is 54.9 Å². The maximum atomic E-state index is 13.0. The van der Waals surface area contributed by atoms with Crippen molar-refractivity contribution in [2.75, 3.05) is 32.8 Å². The fourth-order valence-electron chi connectivity index (χ4n) is 4.50. The van der Waals surface area contributed by atoms with Crippen molar-refractivity contribution in [3.05, 3.63) is 54.4 Å². The minimum Gasteiger partial charge on any atom is -0.493 e. The van der Waals surface area contributed by atoms with E-state index < -0.39 is 0 Å². The smallest absolute Gasteiger partial charge is 0.257 e. The Balaban J connectivity index is 1.26. The first-order chi connectivity index (χ1) is 14.7. The molecule has 3 heterocycles. The Morgan fingerprint density at radius 3 is 2.40 bits per heavy atom. The lowest BCUT2D eigenvalue weighted by Crippen LogP contribution is -2.50. The SMILES string of the molecule is CCOc1ccccc1C(=O)N1CCC(N2CCC(Oc3ccncc3)CC2)CC1. The van der Waals surface area contributed by atoms with Crippen LogP contribution < -0.4 is 9.47 Å². The molecule has 4 rings (SSSR count).